The monoisotopic (exact) mass is 168 g/mol. The minimum Gasteiger partial charge on any atom is -0.465 e. The number of hydrogen-bond acceptors (Lipinski definition) is 2. The number of nitrogens with two attached hydrogens (primary N) is 1. The van der Waals surface area contributed by atoms with Crippen LogP contribution in [0, 0.1) is 0 Å². The lowest BCUT2D eigenvalue weighted by molar-refractivity contribution is -0.118. The summed E-state index contributed by atoms with van der Waals surface area (Å²) >= 11 is 0. The number of carbonyl (C=O) groups excluding carboxylic acids is 1. The maximum Gasteiger partial charge on any atom is 0.407 e. The summed E-state index contributed by atoms with van der Waals surface area (Å²) in [7, 11) is 1.27. The van der Waals surface area contributed by atoms with Crippen LogP contribution in [0.15, 0.2) is 0 Å². The van der Waals surface area contributed by atoms with Gasteiger partial charge in [0.1, 0.15) is 6.54 Å². The predicted octanol–water partition coefficient (Wildman–Crippen LogP) is -0.497. The van der Waals surface area contributed by atoms with Crippen molar-refractivity contribution < 1.29 is 14.7 Å². The minimum absolute atomic E-state index is 0. The molecule has 0 spiro atoms. The molecule has 0 fully saturated rings. The Hall–Kier alpha value is -0.970. The largest absolute Gasteiger partial charge is 0.465 e. The van der Waals surface area contributed by atoms with Crippen molar-refractivity contribution in [1.29, 1.82) is 0 Å². The summed E-state index contributed by atoms with van der Waals surface area (Å²) in [6.07, 6.45) is -1.16. The average molecular weight is 169 g/mol. The van der Waals surface area contributed by atoms with E-state index in [-0.39, 0.29) is 19.0 Å². The zero-order valence-electron chi connectivity index (χ0n) is 5.40. The topological polar surface area (TPSA) is 83.6 Å². The van der Waals surface area contributed by atoms with Gasteiger partial charge in [-0.05, 0) is 0 Å². The molecule has 0 aromatic carbocycles. The van der Waals surface area contributed by atoms with Crippen molar-refractivity contribution >= 4 is 24.4 Å². The molecule has 3 N–H and O–H groups in total. The van der Waals surface area contributed by atoms with Crippen LogP contribution in [0.2, 0.25) is 0 Å². The van der Waals surface area contributed by atoms with Gasteiger partial charge in [0.2, 0.25) is 5.91 Å². The van der Waals surface area contributed by atoms with Gasteiger partial charge in [-0.2, -0.15) is 0 Å². The minimum atomic E-state index is -1.16. The number of likely N-dealkylation sites (N-methyl/N-ethyl adjacent to an activating group) is 1. The molecule has 0 rings (SSSR count). The molecule has 0 atom stereocenters. The second kappa shape index (κ2) is 4.87. The van der Waals surface area contributed by atoms with Crippen LogP contribution >= 0.6 is 12.4 Å². The Morgan fingerprint density at radius 3 is 2.10 bits per heavy atom. The molecule has 0 aliphatic carbocycles. The van der Waals surface area contributed by atoms with Gasteiger partial charge in [0.15, 0.2) is 0 Å². The van der Waals surface area contributed by atoms with Crippen molar-refractivity contribution in [2.45, 2.75) is 0 Å². The second-order valence-electron chi connectivity index (χ2n) is 1.60. The Kier molecular flexibility index (Phi) is 5.73. The molecule has 0 aromatic rings. The Balaban J connectivity index is 0. The van der Waals surface area contributed by atoms with Crippen molar-refractivity contribution in [2.75, 3.05) is 13.6 Å². The molecule has 2 amide bonds. The van der Waals surface area contributed by atoms with Crippen LogP contribution in [0.5, 0.6) is 0 Å². The Morgan fingerprint density at radius 2 is 2.00 bits per heavy atom. The van der Waals surface area contributed by atoms with Crippen LogP contribution in [0.1, 0.15) is 0 Å². The summed E-state index contributed by atoms with van der Waals surface area (Å²) in [6.45, 7) is -0.255. The number of primary amides is 1. The fraction of sp³-hybridized carbons (Fsp3) is 0.500. The second-order valence-corrected chi connectivity index (χ2v) is 1.60. The van der Waals surface area contributed by atoms with E-state index in [2.05, 4.69) is 5.73 Å². The summed E-state index contributed by atoms with van der Waals surface area (Å²) in [4.78, 5) is 20.8. The molecule has 0 aliphatic heterocycles. The smallest absolute Gasteiger partial charge is 0.407 e. The van der Waals surface area contributed by atoms with Gasteiger partial charge in [-0.25, -0.2) is 4.79 Å². The molecule has 0 saturated heterocycles. The molecule has 5 nitrogen and oxygen atoms in total. The fourth-order valence-corrected chi connectivity index (χ4v) is 0.301. The third-order valence-corrected chi connectivity index (χ3v) is 0.720. The maximum atomic E-state index is 10.0. The number of halogens is 1. The highest BCUT2D eigenvalue weighted by Crippen LogP contribution is 1.79. The van der Waals surface area contributed by atoms with Gasteiger partial charge >= 0.3 is 6.09 Å². The highest BCUT2D eigenvalue weighted by Gasteiger charge is 2.06. The van der Waals surface area contributed by atoms with E-state index in [1.807, 2.05) is 0 Å². The Morgan fingerprint density at radius 1 is 1.60 bits per heavy atom. The SMILES string of the molecule is CN(CC(N)=O)C(=O)O.Cl. The Labute approximate surface area is 64.2 Å². The van der Waals surface area contributed by atoms with Crippen LogP contribution in [-0.2, 0) is 4.79 Å². The van der Waals surface area contributed by atoms with Crippen LogP contribution in [0.3, 0.4) is 0 Å². The van der Waals surface area contributed by atoms with Crippen LogP contribution < -0.4 is 5.73 Å². The standard InChI is InChI=1S/C4H8N2O3.ClH/c1-6(4(8)9)2-3(5)7;/h2H2,1H3,(H2,5,7)(H,8,9);1H. The molecule has 60 valence electrons. The third kappa shape index (κ3) is 5.17. The molecule has 0 unspecified atom stereocenters. The summed E-state index contributed by atoms with van der Waals surface area (Å²) in [6, 6.07) is 0. The van der Waals surface area contributed by atoms with Gasteiger partial charge in [0, 0.05) is 7.05 Å². The lowest BCUT2D eigenvalue weighted by atomic mass is 10.6. The first kappa shape index (κ1) is 11.8. The lowest BCUT2D eigenvalue weighted by Gasteiger charge is -2.08. The third-order valence-electron chi connectivity index (χ3n) is 0.720. The van der Waals surface area contributed by atoms with Gasteiger partial charge in [-0.15, -0.1) is 12.4 Å². The van der Waals surface area contributed by atoms with E-state index in [0.29, 0.717) is 0 Å². The van der Waals surface area contributed by atoms with Crippen LogP contribution in [-0.4, -0.2) is 35.6 Å². The molecular weight excluding hydrogens is 160 g/mol. The number of amides is 2. The maximum absolute atomic E-state index is 10.0. The number of hydrogen-bond donors (Lipinski definition) is 2. The predicted molar refractivity (Wildman–Crippen MR) is 37.1 cm³/mol. The zero-order valence-corrected chi connectivity index (χ0v) is 6.22. The molecule has 10 heavy (non-hydrogen) atoms. The summed E-state index contributed by atoms with van der Waals surface area (Å²) in [5.74, 6) is -0.653. The van der Waals surface area contributed by atoms with Gasteiger partial charge < -0.3 is 15.7 Å². The Bertz CT molecular complexity index is 138. The van der Waals surface area contributed by atoms with Crippen molar-refractivity contribution in [3.63, 3.8) is 0 Å². The molecule has 6 heteroatoms. The van der Waals surface area contributed by atoms with Crippen molar-refractivity contribution in [3.05, 3.63) is 0 Å². The number of carbonyl (C=O) groups is 2. The van der Waals surface area contributed by atoms with Gasteiger partial charge in [0.25, 0.3) is 0 Å². The molecule has 0 radical (unpaired) electrons. The van der Waals surface area contributed by atoms with E-state index in [0.717, 1.165) is 4.90 Å². The highest BCUT2D eigenvalue weighted by molar-refractivity contribution is 5.85. The van der Waals surface area contributed by atoms with Gasteiger partial charge in [-0.1, -0.05) is 0 Å². The number of carboxylic acid groups (broad SMARTS) is 1. The quantitative estimate of drug-likeness (QED) is 0.583. The summed E-state index contributed by atoms with van der Waals surface area (Å²) < 4.78 is 0. The molecule has 0 heterocycles. The fourth-order valence-electron chi connectivity index (χ4n) is 0.301. The van der Waals surface area contributed by atoms with E-state index in [4.69, 9.17) is 5.11 Å². The van der Waals surface area contributed by atoms with E-state index in [9.17, 15) is 9.59 Å². The van der Waals surface area contributed by atoms with E-state index in [1.165, 1.54) is 7.05 Å². The number of nitrogens with zero attached hydrogens (tertiary/aromatic N) is 1. The first-order chi connectivity index (χ1) is 4.04. The van der Waals surface area contributed by atoms with Crippen molar-refractivity contribution in [3.8, 4) is 0 Å². The van der Waals surface area contributed by atoms with E-state index < -0.39 is 12.0 Å². The molecule has 0 aliphatic rings. The van der Waals surface area contributed by atoms with Gasteiger partial charge in [-0.3, -0.25) is 4.79 Å². The average Bonchev–Trinajstić information content (AvgIpc) is 1.63. The molecule has 0 bridgehead atoms. The van der Waals surface area contributed by atoms with Gasteiger partial charge in [0.05, 0.1) is 0 Å². The highest BCUT2D eigenvalue weighted by atomic mass is 35.5. The first-order valence-corrected chi connectivity index (χ1v) is 2.26. The van der Waals surface area contributed by atoms with E-state index >= 15 is 0 Å². The molecular formula is C4H9ClN2O3. The normalized spacial score (nSPS) is 7.70. The molecule has 0 saturated carbocycles. The summed E-state index contributed by atoms with van der Waals surface area (Å²) in [5, 5.41) is 8.15. The zero-order chi connectivity index (χ0) is 7.44. The van der Waals surface area contributed by atoms with Crippen molar-refractivity contribution in [1.82, 2.24) is 4.90 Å². The lowest BCUT2D eigenvalue weighted by Crippen LogP contribution is -2.34. The van der Waals surface area contributed by atoms with Crippen LogP contribution in [0.25, 0.3) is 0 Å². The van der Waals surface area contributed by atoms with Crippen LogP contribution in [0.4, 0.5) is 4.79 Å². The molecule has 0 aromatic heterocycles. The number of rotatable bonds is 2. The first-order valence-electron chi connectivity index (χ1n) is 2.26. The van der Waals surface area contributed by atoms with E-state index in [1.54, 1.807) is 0 Å². The summed E-state index contributed by atoms with van der Waals surface area (Å²) in [5.41, 5.74) is 4.69. The van der Waals surface area contributed by atoms with Crippen molar-refractivity contribution in [2.24, 2.45) is 5.73 Å².